The number of fused-ring (bicyclic) bond motifs is 11. The van der Waals surface area contributed by atoms with Crippen LogP contribution in [0.4, 0.5) is 11.4 Å². The third-order valence-corrected chi connectivity index (χ3v) is 12.9. The Morgan fingerprint density at radius 1 is 0.561 bits per heavy atom. The average molecular weight is 738 g/mol. The summed E-state index contributed by atoms with van der Waals surface area (Å²) in [5, 5.41) is 8.68. The smallest absolute Gasteiger partial charge is 0.197 e. The maximum Gasteiger partial charge on any atom is 0.197 e. The summed E-state index contributed by atoms with van der Waals surface area (Å²) >= 11 is 0. The van der Waals surface area contributed by atoms with E-state index < -0.39 is 0 Å². The van der Waals surface area contributed by atoms with E-state index in [2.05, 4.69) is 200 Å². The van der Waals surface area contributed by atoms with Gasteiger partial charge in [-0.25, -0.2) is 0 Å². The number of aromatic nitrogens is 1. The third kappa shape index (κ3) is 4.99. The van der Waals surface area contributed by atoms with Gasteiger partial charge in [0.1, 0.15) is 11.2 Å². The van der Waals surface area contributed by atoms with E-state index in [9.17, 15) is 0 Å². The summed E-state index contributed by atoms with van der Waals surface area (Å²) in [6.45, 7) is 18.5. The zero-order chi connectivity index (χ0) is 39.2. The molecule has 1 radical (unpaired) electrons. The lowest BCUT2D eigenvalue weighted by Crippen LogP contribution is -2.37. The summed E-state index contributed by atoms with van der Waals surface area (Å²) in [5.74, 6) is 0. The molecule has 4 heteroatoms. The highest BCUT2D eigenvalue weighted by molar-refractivity contribution is 6.73. The number of furan rings is 1. The van der Waals surface area contributed by atoms with Crippen molar-refractivity contribution in [3.05, 3.63) is 150 Å². The Labute approximate surface area is 335 Å². The number of para-hydroxylation sites is 1. The van der Waals surface area contributed by atoms with Crippen molar-refractivity contribution in [3.8, 4) is 27.9 Å². The van der Waals surface area contributed by atoms with Crippen LogP contribution in [0, 0.1) is 0 Å². The maximum atomic E-state index is 6.54. The van der Waals surface area contributed by atoms with Crippen LogP contribution in [0.2, 0.25) is 0 Å². The molecule has 0 unspecified atom stereocenters. The molecule has 1 N–H and O–H groups in total. The Bertz CT molecular complexity index is 3160. The zero-order valence-electron chi connectivity index (χ0n) is 34.1. The number of nitrogens with one attached hydrogen (secondary N) is 1. The average Bonchev–Trinajstić information content (AvgIpc) is 3.79. The number of benzene rings is 7. The van der Waals surface area contributed by atoms with Crippen LogP contribution >= 0.6 is 0 Å². The molecule has 3 nitrogen and oxygen atoms in total. The summed E-state index contributed by atoms with van der Waals surface area (Å²) in [6, 6.07) is 47.6. The fraction of sp³-hybridized carbons (Fsp3) is 0.208. The van der Waals surface area contributed by atoms with Crippen LogP contribution in [-0.4, -0.2) is 11.8 Å². The molecule has 11 rings (SSSR count). The van der Waals surface area contributed by atoms with Crippen molar-refractivity contribution < 1.29 is 4.42 Å². The molecule has 0 saturated carbocycles. The van der Waals surface area contributed by atoms with Gasteiger partial charge in [-0.2, -0.15) is 0 Å². The number of anilines is 2. The van der Waals surface area contributed by atoms with Crippen LogP contribution < -0.4 is 16.2 Å². The summed E-state index contributed by atoms with van der Waals surface area (Å²) < 4.78 is 9.08. The van der Waals surface area contributed by atoms with Crippen LogP contribution in [0.5, 0.6) is 0 Å². The second-order valence-corrected chi connectivity index (χ2v) is 19.0. The van der Waals surface area contributed by atoms with Gasteiger partial charge in [0.15, 0.2) is 7.28 Å². The fourth-order valence-corrected chi connectivity index (χ4v) is 9.75. The van der Waals surface area contributed by atoms with E-state index >= 15 is 0 Å². The number of hydrogen-bond donors (Lipinski definition) is 1. The van der Waals surface area contributed by atoms with Crippen molar-refractivity contribution >= 4 is 73.3 Å². The van der Waals surface area contributed by atoms with Gasteiger partial charge in [0.2, 0.25) is 0 Å². The highest BCUT2D eigenvalue weighted by Crippen LogP contribution is 2.51. The molecule has 9 aromatic rings. The van der Waals surface area contributed by atoms with Gasteiger partial charge < -0.3 is 14.3 Å². The maximum absolute atomic E-state index is 6.54. The standard InChI is InChI=1S/C53H46BN2O/c1-51(2,3)30-17-20-32(21-18-30)55-44-24-19-31(52(4,5)6)25-38(44)35-22-23-36-39-26-37-33-13-9-11-15-41(33)53(7,8)42(37)28-45(39)56-46-29-48-40(27-43(46)54-49(35)50(36)56)34-14-10-12-16-47(34)57-48/h9-29,55H,1-8H3. The predicted octanol–water partition coefficient (Wildman–Crippen LogP) is 13.0. The van der Waals surface area contributed by atoms with Crippen molar-refractivity contribution in [2.75, 3.05) is 5.32 Å². The summed E-state index contributed by atoms with van der Waals surface area (Å²) in [4.78, 5) is 0. The van der Waals surface area contributed by atoms with E-state index in [0.717, 1.165) is 39.0 Å². The molecule has 57 heavy (non-hydrogen) atoms. The topological polar surface area (TPSA) is 30.1 Å². The Morgan fingerprint density at radius 2 is 1.30 bits per heavy atom. The summed E-state index contributed by atoms with van der Waals surface area (Å²) in [5.41, 5.74) is 20.5. The molecule has 1 aliphatic carbocycles. The monoisotopic (exact) mass is 737 g/mol. The Hall–Kier alpha value is -6.00. The van der Waals surface area contributed by atoms with Gasteiger partial charge in [0.25, 0.3) is 0 Å². The van der Waals surface area contributed by atoms with E-state index in [0.29, 0.717) is 0 Å². The molecule has 0 spiro atoms. The zero-order valence-corrected chi connectivity index (χ0v) is 34.1. The van der Waals surface area contributed by atoms with Gasteiger partial charge in [-0.3, -0.25) is 0 Å². The molecule has 0 amide bonds. The molecular formula is C53H46BN2O. The van der Waals surface area contributed by atoms with Gasteiger partial charge in [-0.15, -0.1) is 0 Å². The second kappa shape index (κ2) is 11.5. The van der Waals surface area contributed by atoms with E-state index in [1.54, 1.807) is 0 Å². The van der Waals surface area contributed by atoms with Crippen LogP contribution in [0.25, 0.3) is 71.7 Å². The van der Waals surface area contributed by atoms with Crippen molar-refractivity contribution in [2.45, 2.75) is 71.6 Å². The predicted molar refractivity (Wildman–Crippen MR) is 243 cm³/mol. The number of rotatable bonds is 3. The highest BCUT2D eigenvalue weighted by atomic mass is 16.3. The minimum atomic E-state index is -0.115. The lowest BCUT2D eigenvalue weighted by atomic mass is 9.59. The van der Waals surface area contributed by atoms with Gasteiger partial charge >= 0.3 is 0 Å². The van der Waals surface area contributed by atoms with Crippen LogP contribution in [0.15, 0.2) is 132 Å². The van der Waals surface area contributed by atoms with Gasteiger partial charge in [0, 0.05) is 61.2 Å². The number of nitrogens with zero attached hydrogens (tertiary/aromatic N) is 1. The van der Waals surface area contributed by atoms with E-state index in [1.807, 2.05) is 0 Å². The molecule has 3 heterocycles. The first-order chi connectivity index (χ1) is 27.3. The lowest BCUT2D eigenvalue weighted by molar-refractivity contribution is 0.590. The fourth-order valence-electron chi connectivity index (χ4n) is 9.75. The van der Waals surface area contributed by atoms with Crippen LogP contribution in [0.1, 0.15) is 77.6 Å². The quantitative estimate of drug-likeness (QED) is 0.183. The highest BCUT2D eigenvalue weighted by Gasteiger charge is 2.37. The molecule has 7 aromatic carbocycles. The molecule has 277 valence electrons. The molecule has 0 saturated heterocycles. The summed E-state index contributed by atoms with van der Waals surface area (Å²) in [6.07, 6.45) is 0. The second-order valence-electron chi connectivity index (χ2n) is 19.0. The van der Waals surface area contributed by atoms with E-state index in [4.69, 9.17) is 4.42 Å². The van der Waals surface area contributed by atoms with Crippen molar-refractivity contribution in [3.63, 3.8) is 0 Å². The molecule has 0 atom stereocenters. The molecule has 0 bridgehead atoms. The SMILES string of the molecule is CC(C)(C)c1ccc(Nc2ccc(C(C)(C)C)cc2-c2ccc3c4cc5c(cc4n4c3c2[B]c2cc3c(cc2-4)oc2ccccc23)C(C)(C)c2ccccc2-5)cc1. The molecule has 1 aliphatic heterocycles. The van der Waals surface area contributed by atoms with Crippen molar-refractivity contribution in [1.82, 2.24) is 4.57 Å². The summed E-state index contributed by atoms with van der Waals surface area (Å²) in [7, 11) is 2.44. The molecule has 2 aliphatic rings. The Kier molecular flexibility index (Phi) is 6.94. The first-order valence-corrected chi connectivity index (χ1v) is 20.3. The minimum Gasteiger partial charge on any atom is -0.456 e. The van der Waals surface area contributed by atoms with Gasteiger partial charge in [-0.1, -0.05) is 140 Å². The van der Waals surface area contributed by atoms with E-state index in [1.165, 1.54) is 77.2 Å². The first-order valence-electron chi connectivity index (χ1n) is 20.3. The largest absolute Gasteiger partial charge is 0.456 e. The Balaban J connectivity index is 1.20. The third-order valence-electron chi connectivity index (χ3n) is 12.9. The minimum absolute atomic E-state index is 0.0220. The van der Waals surface area contributed by atoms with Crippen LogP contribution in [0.3, 0.4) is 0 Å². The van der Waals surface area contributed by atoms with Crippen LogP contribution in [-0.2, 0) is 16.2 Å². The molecule has 0 fully saturated rings. The molecular weight excluding hydrogens is 691 g/mol. The normalized spacial score (nSPS) is 14.2. The van der Waals surface area contributed by atoms with Gasteiger partial charge in [-0.05, 0) is 97.7 Å². The van der Waals surface area contributed by atoms with E-state index in [-0.39, 0.29) is 16.2 Å². The van der Waals surface area contributed by atoms with Gasteiger partial charge in [0.05, 0.1) is 5.52 Å². The first kappa shape index (κ1) is 34.3. The Morgan fingerprint density at radius 3 is 2.09 bits per heavy atom. The molecule has 2 aromatic heterocycles. The van der Waals surface area contributed by atoms with Crippen molar-refractivity contribution in [2.24, 2.45) is 0 Å². The lowest BCUT2D eigenvalue weighted by Gasteiger charge is -2.26. The van der Waals surface area contributed by atoms with Crippen molar-refractivity contribution in [1.29, 1.82) is 0 Å². The number of hydrogen-bond acceptors (Lipinski definition) is 2.